The smallest absolute Gasteiger partial charge is 0.159 e. The Morgan fingerprint density at radius 3 is 2.32 bits per heavy atom. The molecule has 28 heavy (non-hydrogen) atoms. The van der Waals surface area contributed by atoms with Crippen LogP contribution in [0.2, 0.25) is 0 Å². The number of fused-ring (bicyclic) bond motifs is 3. The molecule has 0 N–H and O–H groups in total. The molecule has 0 spiro atoms. The predicted molar refractivity (Wildman–Crippen MR) is 106 cm³/mol. The molecule has 4 aromatic rings. The van der Waals surface area contributed by atoms with Crippen LogP contribution in [0, 0.1) is 11.6 Å². The van der Waals surface area contributed by atoms with E-state index in [2.05, 4.69) is 12.1 Å². The summed E-state index contributed by atoms with van der Waals surface area (Å²) < 4.78 is 34.3. The second-order valence-electron chi connectivity index (χ2n) is 7.19. The van der Waals surface area contributed by atoms with Crippen molar-refractivity contribution in [3.8, 4) is 5.75 Å². The Morgan fingerprint density at radius 2 is 1.50 bits per heavy atom. The normalized spacial score (nSPS) is 18.5. The van der Waals surface area contributed by atoms with E-state index in [1.807, 2.05) is 54.6 Å². The number of rotatable bonds is 2. The van der Waals surface area contributed by atoms with Gasteiger partial charge in [0, 0.05) is 11.1 Å². The molecule has 0 aromatic heterocycles. The SMILES string of the molecule is Fc1ccc(C2(c3ccccc3)CCc3c(ccc4ccccc34)O2)cc1F. The van der Waals surface area contributed by atoms with Gasteiger partial charge in [0.15, 0.2) is 17.2 Å². The summed E-state index contributed by atoms with van der Waals surface area (Å²) in [7, 11) is 0. The third kappa shape index (κ3) is 2.58. The van der Waals surface area contributed by atoms with E-state index in [9.17, 15) is 8.78 Å². The molecule has 0 bridgehead atoms. The number of aryl methyl sites for hydroxylation is 1. The Morgan fingerprint density at radius 1 is 0.714 bits per heavy atom. The maximum absolute atomic E-state index is 14.1. The van der Waals surface area contributed by atoms with Gasteiger partial charge >= 0.3 is 0 Å². The van der Waals surface area contributed by atoms with E-state index < -0.39 is 17.2 Å². The van der Waals surface area contributed by atoms with Gasteiger partial charge in [-0.1, -0.05) is 66.7 Å². The summed E-state index contributed by atoms with van der Waals surface area (Å²) >= 11 is 0. The van der Waals surface area contributed by atoms with Crippen LogP contribution in [0.3, 0.4) is 0 Å². The first-order valence-electron chi connectivity index (χ1n) is 9.38. The predicted octanol–water partition coefficient (Wildman–Crippen LogP) is 6.39. The Hall–Kier alpha value is -3.20. The van der Waals surface area contributed by atoms with E-state index in [1.54, 1.807) is 6.07 Å². The van der Waals surface area contributed by atoms with Crippen LogP contribution in [0.25, 0.3) is 10.8 Å². The van der Waals surface area contributed by atoms with Crippen LogP contribution in [0.5, 0.6) is 5.75 Å². The Labute approximate surface area is 162 Å². The molecule has 1 aliphatic rings. The van der Waals surface area contributed by atoms with Gasteiger partial charge in [0.25, 0.3) is 0 Å². The molecule has 1 unspecified atom stereocenters. The van der Waals surface area contributed by atoms with Crippen LogP contribution >= 0.6 is 0 Å². The van der Waals surface area contributed by atoms with E-state index in [-0.39, 0.29) is 0 Å². The van der Waals surface area contributed by atoms with Crippen molar-refractivity contribution in [2.24, 2.45) is 0 Å². The molecule has 0 saturated carbocycles. The summed E-state index contributed by atoms with van der Waals surface area (Å²) in [5.74, 6) is -0.923. The van der Waals surface area contributed by atoms with Crippen LogP contribution in [0.1, 0.15) is 23.1 Å². The summed E-state index contributed by atoms with van der Waals surface area (Å²) in [5.41, 5.74) is 1.86. The zero-order chi connectivity index (χ0) is 19.1. The number of hydrogen-bond donors (Lipinski definition) is 0. The Bertz CT molecular complexity index is 1170. The molecule has 5 rings (SSSR count). The second kappa shape index (κ2) is 6.45. The molecule has 1 atom stereocenters. The topological polar surface area (TPSA) is 9.23 Å². The van der Waals surface area contributed by atoms with Crippen LogP contribution in [-0.4, -0.2) is 0 Å². The van der Waals surface area contributed by atoms with Gasteiger partial charge in [0.05, 0.1) is 0 Å². The highest BCUT2D eigenvalue weighted by atomic mass is 19.2. The largest absolute Gasteiger partial charge is 0.477 e. The highest BCUT2D eigenvalue weighted by Gasteiger charge is 2.40. The highest BCUT2D eigenvalue weighted by Crippen LogP contribution is 2.46. The average molecular weight is 372 g/mol. The van der Waals surface area contributed by atoms with Gasteiger partial charge in [-0.25, -0.2) is 8.78 Å². The summed E-state index contributed by atoms with van der Waals surface area (Å²) in [4.78, 5) is 0. The first-order valence-corrected chi connectivity index (χ1v) is 9.38. The third-order valence-corrected chi connectivity index (χ3v) is 5.63. The van der Waals surface area contributed by atoms with Crippen LogP contribution in [-0.2, 0) is 12.0 Å². The molecule has 0 fully saturated rings. The maximum atomic E-state index is 14.1. The Kier molecular flexibility index (Phi) is 3.90. The van der Waals surface area contributed by atoms with Crippen molar-refractivity contribution < 1.29 is 13.5 Å². The molecule has 1 nitrogen and oxygen atoms in total. The van der Waals surface area contributed by atoms with Crippen molar-refractivity contribution in [2.45, 2.75) is 18.4 Å². The van der Waals surface area contributed by atoms with Crippen molar-refractivity contribution in [2.75, 3.05) is 0 Å². The fourth-order valence-corrected chi connectivity index (χ4v) is 4.24. The quantitative estimate of drug-likeness (QED) is 0.396. The fourth-order valence-electron chi connectivity index (χ4n) is 4.24. The van der Waals surface area contributed by atoms with Crippen molar-refractivity contribution in [1.29, 1.82) is 0 Å². The first kappa shape index (κ1) is 16.9. The van der Waals surface area contributed by atoms with Crippen LogP contribution in [0.4, 0.5) is 8.78 Å². The lowest BCUT2D eigenvalue weighted by molar-refractivity contribution is 0.0851. The molecule has 138 valence electrons. The lowest BCUT2D eigenvalue weighted by Crippen LogP contribution is -2.38. The minimum Gasteiger partial charge on any atom is -0.477 e. The molecule has 1 heterocycles. The summed E-state index contributed by atoms with van der Waals surface area (Å²) in [5, 5.41) is 2.34. The molecule has 3 heteroatoms. The monoisotopic (exact) mass is 372 g/mol. The van der Waals surface area contributed by atoms with Gasteiger partial charge in [-0.15, -0.1) is 0 Å². The molecule has 0 saturated heterocycles. The van der Waals surface area contributed by atoms with Crippen LogP contribution in [0.15, 0.2) is 84.9 Å². The number of ether oxygens (including phenoxy) is 1. The molecule has 4 aromatic carbocycles. The molecule has 1 aliphatic heterocycles. The van der Waals surface area contributed by atoms with Gasteiger partial charge in [-0.2, -0.15) is 0 Å². The lowest BCUT2D eigenvalue weighted by atomic mass is 9.79. The second-order valence-corrected chi connectivity index (χ2v) is 7.19. The number of benzene rings is 4. The average Bonchev–Trinajstić information content (AvgIpc) is 2.75. The van der Waals surface area contributed by atoms with Crippen molar-refractivity contribution >= 4 is 10.8 Å². The Balaban J connectivity index is 1.71. The third-order valence-electron chi connectivity index (χ3n) is 5.63. The molecule has 0 amide bonds. The van der Waals surface area contributed by atoms with Crippen LogP contribution < -0.4 is 4.74 Å². The summed E-state index contributed by atoms with van der Waals surface area (Å²) in [6, 6.07) is 26.1. The zero-order valence-corrected chi connectivity index (χ0v) is 15.2. The first-order chi connectivity index (χ1) is 13.7. The minimum atomic E-state index is -0.860. The maximum Gasteiger partial charge on any atom is 0.159 e. The van der Waals surface area contributed by atoms with Gasteiger partial charge in [-0.05, 0) is 47.4 Å². The summed E-state index contributed by atoms with van der Waals surface area (Å²) in [6.07, 6.45) is 1.42. The van der Waals surface area contributed by atoms with Crippen molar-refractivity contribution in [3.63, 3.8) is 0 Å². The van der Waals surface area contributed by atoms with Gasteiger partial charge in [0.2, 0.25) is 0 Å². The summed E-state index contributed by atoms with van der Waals surface area (Å²) in [6.45, 7) is 0. The van der Waals surface area contributed by atoms with Crippen molar-refractivity contribution in [3.05, 3.63) is 113 Å². The van der Waals surface area contributed by atoms with E-state index in [1.165, 1.54) is 22.9 Å². The molecular weight excluding hydrogens is 354 g/mol. The molecule has 0 aliphatic carbocycles. The van der Waals surface area contributed by atoms with E-state index in [0.717, 1.165) is 23.3 Å². The van der Waals surface area contributed by atoms with E-state index in [4.69, 9.17) is 4.74 Å². The van der Waals surface area contributed by atoms with Gasteiger partial charge in [0.1, 0.15) is 5.75 Å². The number of halogens is 2. The lowest BCUT2D eigenvalue weighted by Gasteiger charge is -2.40. The minimum absolute atomic E-state index is 0.622. The fraction of sp³-hybridized carbons (Fsp3) is 0.120. The van der Waals surface area contributed by atoms with E-state index in [0.29, 0.717) is 12.0 Å². The molecular formula is C25H18F2O. The highest BCUT2D eigenvalue weighted by molar-refractivity contribution is 5.88. The van der Waals surface area contributed by atoms with Gasteiger partial charge < -0.3 is 4.74 Å². The van der Waals surface area contributed by atoms with E-state index >= 15 is 0 Å². The zero-order valence-electron chi connectivity index (χ0n) is 15.2. The number of hydrogen-bond acceptors (Lipinski definition) is 1. The van der Waals surface area contributed by atoms with Crippen molar-refractivity contribution in [1.82, 2.24) is 0 Å². The standard InChI is InChI=1S/C25H18F2O/c26-22-12-11-19(16-23(22)27)25(18-7-2-1-3-8-18)15-14-21-20-9-5-4-6-17(20)10-13-24(21)28-25/h1-13,16H,14-15H2. The van der Waals surface area contributed by atoms with Gasteiger partial charge in [-0.3, -0.25) is 0 Å². The molecule has 0 radical (unpaired) electrons.